The minimum absolute atomic E-state index is 0.00151. The van der Waals surface area contributed by atoms with E-state index in [-0.39, 0.29) is 29.8 Å². The second-order valence-corrected chi connectivity index (χ2v) is 10.6. The van der Waals surface area contributed by atoms with Crippen LogP contribution in [0.25, 0.3) is 11.1 Å². The number of aromatic nitrogens is 1. The number of hydrogen-bond acceptors (Lipinski definition) is 4. The molecule has 0 spiro atoms. The van der Waals surface area contributed by atoms with Gasteiger partial charge in [0, 0.05) is 35.6 Å². The molecular formula is C28H30ClN3O3. The Hall–Kier alpha value is -2.86. The minimum atomic E-state index is -0.362. The van der Waals surface area contributed by atoms with Crippen LogP contribution in [0.4, 0.5) is 0 Å². The summed E-state index contributed by atoms with van der Waals surface area (Å²) in [6, 6.07) is 14.7. The lowest BCUT2D eigenvalue weighted by atomic mass is 9.84. The molecule has 1 aromatic heterocycles. The first-order valence-corrected chi connectivity index (χ1v) is 13.2. The van der Waals surface area contributed by atoms with Crippen molar-refractivity contribution < 1.29 is 14.0 Å². The van der Waals surface area contributed by atoms with Crippen LogP contribution in [0.2, 0.25) is 5.02 Å². The molecule has 6 rings (SSSR count). The smallest absolute Gasteiger partial charge is 0.254 e. The Kier molecular flexibility index (Phi) is 6.01. The number of piperidine rings is 1. The Labute approximate surface area is 210 Å². The van der Waals surface area contributed by atoms with E-state index in [9.17, 15) is 9.59 Å². The van der Waals surface area contributed by atoms with Crippen LogP contribution < -0.4 is 0 Å². The number of carbonyl (C=O) groups excluding carboxylic acids is 2. The molecule has 35 heavy (non-hydrogen) atoms. The highest BCUT2D eigenvalue weighted by Gasteiger charge is 2.48. The maximum Gasteiger partial charge on any atom is 0.254 e. The summed E-state index contributed by atoms with van der Waals surface area (Å²) in [6.07, 6.45) is 6.82. The largest absolute Gasteiger partial charge is 0.440 e. The van der Waals surface area contributed by atoms with Crippen LogP contribution >= 0.6 is 11.6 Å². The zero-order chi connectivity index (χ0) is 23.9. The summed E-state index contributed by atoms with van der Waals surface area (Å²) in [7, 11) is 0. The van der Waals surface area contributed by atoms with Crippen LogP contribution in [0.15, 0.2) is 52.9 Å². The molecule has 2 aromatic carbocycles. The van der Waals surface area contributed by atoms with Crippen LogP contribution in [0.5, 0.6) is 0 Å². The fourth-order valence-corrected chi connectivity index (χ4v) is 6.52. The quantitative estimate of drug-likeness (QED) is 0.474. The van der Waals surface area contributed by atoms with Crippen LogP contribution in [0.1, 0.15) is 67.1 Å². The number of halogens is 1. The Morgan fingerprint density at radius 3 is 2.54 bits per heavy atom. The Morgan fingerprint density at radius 1 is 0.971 bits per heavy atom. The minimum Gasteiger partial charge on any atom is -0.440 e. The standard InChI is InChI=1S/C28H30ClN3O3/c29-21-10-11-25-22(17-21)30-26(35-25)18-12-14-31(15-13-18)28(34)24-16-20-8-4-5-9-23(20)32(24)27(33)19-6-2-1-3-7-19/h1-3,6-7,10-11,17-18,20,23-24H,4-5,8-9,12-16H2. The van der Waals surface area contributed by atoms with E-state index in [0.29, 0.717) is 29.6 Å². The Balaban J connectivity index is 1.18. The number of amides is 2. The molecule has 1 aliphatic carbocycles. The van der Waals surface area contributed by atoms with Gasteiger partial charge in [0.15, 0.2) is 11.5 Å². The second kappa shape index (κ2) is 9.30. The third-order valence-corrected chi connectivity index (χ3v) is 8.39. The third kappa shape index (κ3) is 4.22. The number of oxazole rings is 1. The van der Waals surface area contributed by atoms with Gasteiger partial charge in [0.2, 0.25) is 5.91 Å². The molecule has 2 aliphatic heterocycles. The molecule has 3 fully saturated rings. The number of hydrogen-bond donors (Lipinski definition) is 0. The van der Waals surface area contributed by atoms with Gasteiger partial charge in [-0.2, -0.15) is 0 Å². The first kappa shape index (κ1) is 22.6. The van der Waals surface area contributed by atoms with E-state index in [0.717, 1.165) is 55.5 Å². The van der Waals surface area contributed by atoms with Gasteiger partial charge in [-0.25, -0.2) is 4.98 Å². The number of fused-ring (bicyclic) bond motifs is 2. The number of nitrogens with zero attached hydrogens (tertiary/aromatic N) is 3. The molecule has 6 nitrogen and oxygen atoms in total. The lowest BCUT2D eigenvalue weighted by Gasteiger charge is -2.37. The molecule has 2 saturated heterocycles. The van der Waals surface area contributed by atoms with Crippen molar-refractivity contribution in [3.63, 3.8) is 0 Å². The van der Waals surface area contributed by atoms with Crippen molar-refractivity contribution in [2.45, 2.75) is 62.9 Å². The highest BCUT2D eigenvalue weighted by atomic mass is 35.5. The van der Waals surface area contributed by atoms with E-state index in [2.05, 4.69) is 4.98 Å². The fourth-order valence-electron chi connectivity index (χ4n) is 6.35. The van der Waals surface area contributed by atoms with Crippen molar-refractivity contribution in [2.75, 3.05) is 13.1 Å². The van der Waals surface area contributed by atoms with Gasteiger partial charge in [-0.05, 0) is 68.4 Å². The summed E-state index contributed by atoms with van der Waals surface area (Å²) >= 11 is 6.09. The highest BCUT2D eigenvalue weighted by molar-refractivity contribution is 6.31. The van der Waals surface area contributed by atoms with E-state index in [1.165, 1.54) is 6.42 Å². The fraction of sp³-hybridized carbons (Fsp3) is 0.464. The molecule has 0 radical (unpaired) electrons. The summed E-state index contributed by atoms with van der Waals surface area (Å²) in [4.78, 5) is 35.9. The van der Waals surface area contributed by atoms with Crippen molar-refractivity contribution in [3.05, 3.63) is 65.0 Å². The zero-order valence-corrected chi connectivity index (χ0v) is 20.5. The van der Waals surface area contributed by atoms with E-state index in [1.807, 2.05) is 58.3 Å². The molecule has 7 heteroatoms. The number of carbonyl (C=O) groups is 2. The molecule has 0 bridgehead atoms. The molecule has 182 valence electrons. The highest BCUT2D eigenvalue weighted by Crippen LogP contribution is 2.41. The van der Waals surface area contributed by atoms with Crippen LogP contribution in [-0.4, -0.2) is 51.8 Å². The average Bonchev–Trinajstić information content (AvgIpc) is 3.50. The topological polar surface area (TPSA) is 66.7 Å². The lowest BCUT2D eigenvalue weighted by molar-refractivity contribution is -0.136. The van der Waals surface area contributed by atoms with Crippen LogP contribution in [-0.2, 0) is 4.79 Å². The maximum atomic E-state index is 13.8. The number of rotatable bonds is 3. The maximum absolute atomic E-state index is 13.8. The monoisotopic (exact) mass is 491 g/mol. The molecular weight excluding hydrogens is 462 g/mol. The van der Waals surface area contributed by atoms with E-state index >= 15 is 0 Å². The van der Waals surface area contributed by atoms with Crippen molar-refractivity contribution in [2.24, 2.45) is 5.92 Å². The second-order valence-electron chi connectivity index (χ2n) is 10.2. The predicted molar refractivity (Wildman–Crippen MR) is 134 cm³/mol. The predicted octanol–water partition coefficient (Wildman–Crippen LogP) is 5.66. The SMILES string of the molecule is O=C(C1CC2CCCCC2N1C(=O)c1ccccc1)N1CCC(c2nc3cc(Cl)ccc3o2)CC1. The summed E-state index contributed by atoms with van der Waals surface area (Å²) in [5.41, 5.74) is 2.19. The van der Waals surface area contributed by atoms with Gasteiger partial charge in [-0.15, -0.1) is 0 Å². The average molecular weight is 492 g/mol. The van der Waals surface area contributed by atoms with Gasteiger partial charge >= 0.3 is 0 Å². The molecule has 2 amide bonds. The van der Waals surface area contributed by atoms with Crippen molar-refractivity contribution >= 4 is 34.5 Å². The van der Waals surface area contributed by atoms with Gasteiger partial charge in [0.05, 0.1) is 0 Å². The molecule has 3 atom stereocenters. The summed E-state index contributed by atoms with van der Waals surface area (Å²) in [5.74, 6) is 1.43. The Bertz CT molecular complexity index is 1230. The lowest BCUT2D eigenvalue weighted by Crippen LogP contribution is -2.52. The number of benzene rings is 2. The van der Waals surface area contributed by atoms with Crippen molar-refractivity contribution in [3.8, 4) is 0 Å². The van der Waals surface area contributed by atoms with E-state index in [4.69, 9.17) is 16.0 Å². The molecule has 3 heterocycles. The van der Waals surface area contributed by atoms with Crippen LogP contribution in [0.3, 0.4) is 0 Å². The molecule has 0 N–H and O–H groups in total. The van der Waals surface area contributed by atoms with Gasteiger partial charge in [-0.3, -0.25) is 9.59 Å². The normalized spacial score (nSPS) is 25.1. The first-order valence-electron chi connectivity index (χ1n) is 12.8. The van der Waals surface area contributed by atoms with Gasteiger partial charge < -0.3 is 14.2 Å². The summed E-state index contributed by atoms with van der Waals surface area (Å²) < 4.78 is 5.99. The van der Waals surface area contributed by atoms with Gasteiger partial charge in [-0.1, -0.05) is 42.6 Å². The van der Waals surface area contributed by atoms with E-state index < -0.39 is 0 Å². The van der Waals surface area contributed by atoms with E-state index in [1.54, 1.807) is 0 Å². The first-order chi connectivity index (χ1) is 17.1. The molecule has 3 aliphatic rings. The summed E-state index contributed by atoms with van der Waals surface area (Å²) in [5, 5.41) is 0.643. The van der Waals surface area contributed by atoms with Crippen molar-refractivity contribution in [1.29, 1.82) is 0 Å². The Morgan fingerprint density at radius 2 is 1.74 bits per heavy atom. The van der Waals surface area contributed by atoms with Crippen LogP contribution in [0, 0.1) is 5.92 Å². The van der Waals surface area contributed by atoms with Gasteiger partial charge in [0.1, 0.15) is 11.6 Å². The van der Waals surface area contributed by atoms with Gasteiger partial charge in [0.25, 0.3) is 5.91 Å². The third-order valence-electron chi connectivity index (χ3n) is 8.15. The molecule has 1 saturated carbocycles. The molecule has 3 aromatic rings. The molecule has 3 unspecified atom stereocenters. The van der Waals surface area contributed by atoms with Crippen molar-refractivity contribution in [1.82, 2.24) is 14.8 Å². The zero-order valence-electron chi connectivity index (χ0n) is 19.7. The number of likely N-dealkylation sites (tertiary alicyclic amines) is 2. The summed E-state index contributed by atoms with van der Waals surface area (Å²) in [6.45, 7) is 1.31.